The Kier molecular flexibility index (Phi) is 11.6. The summed E-state index contributed by atoms with van der Waals surface area (Å²) in [7, 11) is 0. The normalized spacial score (nSPS) is 12.5. The van der Waals surface area contributed by atoms with E-state index in [1.165, 1.54) is 30.3 Å². The summed E-state index contributed by atoms with van der Waals surface area (Å²) < 4.78 is 120. The summed E-state index contributed by atoms with van der Waals surface area (Å²) in [6.07, 6.45) is -10.5. The molecule has 76 heavy (non-hydrogen) atoms. The van der Waals surface area contributed by atoms with Crippen LogP contribution in [0.5, 0.6) is 0 Å². The van der Waals surface area contributed by atoms with Crippen LogP contribution >= 0.6 is 35.3 Å². The van der Waals surface area contributed by atoms with Gasteiger partial charge in [-0.15, -0.1) is 0 Å². The molecule has 0 saturated carbocycles. The standard InChI is InChI=1S/C51H24F9N11O2S3/c52-49(53,54)37-12-5-26(19-61-37)74-23-2-9-30-34(16-23)46-67-41(30)65-44-33-15-22(48(72)73)1-8-29(33)40(64-44)66-45-35-17-24(75-27-6-13-38(62-20-27)50(55,56)57)3-10-31(35)42(68-45)70-47-36-18-25(4-11-32(36)43(69-46)71-47)76-28-7-14-39(63-21-28)51(58,59)60/h1-21H,(H,72,73)(H2,64,65,66,67,68,69,70,71). The summed E-state index contributed by atoms with van der Waals surface area (Å²) >= 11 is 3.44. The minimum absolute atomic E-state index is 0.0617. The van der Waals surface area contributed by atoms with Crippen molar-refractivity contribution in [3.63, 3.8) is 0 Å². The number of carbonyl (C=O) groups is 1. The summed E-state index contributed by atoms with van der Waals surface area (Å²) in [6, 6.07) is 26.6. The third-order valence-corrected chi connectivity index (χ3v) is 14.7. The second-order valence-corrected chi connectivity index (χ2v) is 20.2. The Balaban J connectivity index is 1.09. The monoisotopic (exact) mass is 1090 g/mol. The number of rotatable bonds is 7. The zero-order chi connectivity index (χ0) is 52.8. The number of alkyl halides is 9. The first kappa shape index (κ1) is 48.5. The van der Waals surface area contributed by atoms with E-state index in [0.29, 0.717) is 73.2 Å². The molecule has 376 valence electrons. The molecule has 13 nitrogen and oxygen atoms in total. The van der Waals surface area contributed by atoms with Crippen molar-refractivity contribution < 1.29 is 49.4 Å². The summed E-state index contributed by atoms with van der Waals surface area (Å²) in [5.41, 5.74) is -0.527. The molecule has 12 rings (SSSR count). The fourth-order valence-corrected chi connectivity index (χ4v) is 10.8. The number of fused-ring (bicyclic) bond motifs is 20. The number of H-pyrrole nitrogens is 2. The van der Waals surface area contributed by atoms with Crippen LogP contribution in [0.3, 0.4) is 0 Å². The molecule has 25 heteroatoms. The minimum Gasteiger partial charge on any atom is -0.478 e. The number of carboxylic acids is 1. The van der Waals surface area contributed by atoms with E-state index < -0.39 is 41.6 Å². The first-order valence-electron chi connectivity index (χ1n) is 22.0. The van der Waals surface area contributed by atoms with Gasteiger partial charge in [-0.25, -0.2) is 34.7 Å². The first-order chi connectivity index (χ1) is 36.3. The molecule has 0 amide bonds. The van der Waals surface area contributed by atoms with Crippen molar-refractivity contribution in [1.29, 1.82) is 0 Å². The SMILES string of the molecule is O=C(O)c1ccc2c(c1)-c1nc-2nc2[nH]c(nc3nc(nc4[nH]c(n1)c1ccc(Sc5ccc(C(F)(F)F)nc5)cc41)-c1ccc(Sc4ccc(C(F)(F)F)nc4)cc1-3)c1ccc(Sc3ccc(C(F)(F)F)nc3)cc21. The Bertz CT molecular complexity index is 4140. The number of nitrogens with one attached hydrogen (secondary N) is 2. The predicted octanol–water partition coefficient (Wildman–Crippen LogP) is 14.3. The van der Waals surface area contributed by atoms with E-state index in [4.69, 9.17) is 29.9 Å². The molecule has 0 radical (unpaired) electrons. The topological polar surface area (TPSA) is 185 Å². The van der Waals surface area contributed by atoms with Crippen LogP contribution in [0, 0.1) is 0 Å². The van der Waals surface area contributed by atoms with Crippen LogP contribution in [0.1, 0.15) is 27.4 Å². The lowest BCUT2D eigenvalue weighted by molar-refractivity contribution is -0.142. The van der Waals surface area contributed by atoms with Gasteiger partial charge in [0.25, 0.3) is 0 Å². The van der Waals surface area contributed by atoms with E-state index in [1.807, 2.05) is 0 Å². The lowest BCUT2D eigenvalue weighted by atomic mass is 10.0. The molecule has 0 saturated heterocycles. The highest BCUT2D eigenvalue weighted by Gasteiger charge is 2.34. The Morgan fingerprint density at radius 1 is 0.382 bits per heavy atom. The molecule has 2 aliphatic heterocycles. The number of benzene rings is 4. The number of pyridine rings is 3. The number of nitrogens with zero attached hydrogens (tertiary/aromatic N) is 9. The Morgan fingerprint density at radius 3 is 1.11 bits per heavy atom. The van der Waals surface area contributed by atoms with E-state index in [-0.39, 0.29) is 51.4 Å². The Hall–Kier alpha value is -8.42. The molecule has 10 aromatic rings. The number of hydrogen-bond acceptors (Lipinski definition) is 13. The molecule has 4 aromatic carbocycles. The molecule has 3 N–H and O–H groups in total. The number of hydrogen-bond donors (Lipinski definition) is 3. The number of halogens is 9. The molecule has 6 aromatic heterocycles. The largest absolute Gasteiger partial charge is 0.478 e. The Morgan fingerprint density at radius 2 is 0.724 bits per heavy atom. The van der Waals surface area contributed by atoms with Crippen molar-refractivity contribution >= 4 is 85.4 Å². The molecule has 0 aliphatic carbocycles. The van der Waals surface area contributed by atoms with Gasteiger partial charge >= 0.3 is 24.5 Å². The second-order valence-electron chi connectivity index (χ2n) is 16.7. The average Bonchev–Trinajstić information content (AvgIpc) is 4.11. The van der Waals surface area contributed by atoms with Crippen molar-refractivity contribution in [2.75, 3.05) is 0 Å². The van der Waals surface area contributed by atoms with Gasteiger partial charge in [0.05, 0.1) is 5.56 Å². The van der Waals surface area contributed by atoms with Gasteiger partial charge < -0.3 is 15.1 Å². The van der Waals surface area contributed by atoms with Crippen molar-refractivity contribution in [2.45, 2.75) is 47.9 Å². The fraction of sp³-hybridized carbons (Fsp3) is 0.0588. The highest BCUT2D eigenvalue weighted by molar-refractivity contribution is 7.99. The number of carboxylic acid groups (broad SMARTS) is 1. The molecule has 8 bridgehead atoms. The third kappa shape index (κ3) is 9.29. The predicted molar refractivity (Wildman–Crippen MR) is 263 cm³/mol. The van der Waals surface area contributed by atoms with Gasteiger partial charge in [-0.3, -0.25) is 15.0 Å². The van der Waals surface area contributed by atoms with Crippen LogP contribution in [0.25, 0.3) is 89.7 Å². The lowest BCUT2D eigenvalue weighted by Gasteiger charge is -2.07. The first-order valence-corrected chi connectivity index (χ1v) is 24.5. The van der Waals surface area contributed by atoms with Crippen molar-refractivity contribution in [3.05, 3.63) is 150 Å². The van der Waals surface area contributed by atoms with Crippen LogP contribution in [-0.4, -0.2) is 65.9 Å². The van der Waals surface area contributed by atoms with Gasteiger partial charge in [0.2, 0.25) is 0 Å². The zero-order valence-corrected chi connectivity index (χ0v) is 40.1. The quantitative estimate of drug-likeness (QED) is 0.128. The van der Waals surface area contributed by atoms with Crippen molar-refractivity contribution in [3.8, 4) is 45.6 Å². The Labute approximate surface area is 431 Å². The molecular formula is C51H24F9N11O2S3. The smallest absolute Gasteiger partial charge is 0.433 e. The summed E-state index contributed by atoms with van der Waals surface area (Å²) in [5.74, 6) is -0.683. The second kappa shape index (κ2) is 18.2. The van der Waals surface area contributed by atoms with Crippen LogP contribution in [0.4, 0.5) is 39.5 Å². The van der Waals surface area contributed by atoms with Crippen LogP contribution in [-0.2, 0) is 18.5 Å². The van der Waals surface area contributed by atoms with E-state index >= 15 is 0 Å². The average molecular weight is 1090 g/mol. The molecule has 8 heterocycles. The molecule has 0 spiro atoms. The van der Waals surface area contributed by atoms with E-state index in [9.17, 15) is 49.4 Å². The fourth-order valence-electron chi connectivity index (χ4n) is 8.29. The van der Waals surface area contributed by atoms with E-state index in [1.54, 1.807) is 60.7 Å². The van der Waals surface area contributed by atoms with E-state index in [0.717, 1.165) is 72.1 Å². The molecule has 0 atom stereocenters. The van der Waals surface area contributed by atoms with Gasteiger partial charge in [-0.05, 0) is 109 Å². The summed E-state index contributed by atoms with van der Waals surface area (Å²) in [6.45, 7) is 0. The van der Waals surface area contributed by atoms with Crippen molar-refractivity contribution in [1.82, 2.24) is 54.8 Å². The van der Waals surface area contributed by atoms with Crippen LogP contribution in [0.15, 0.2) is 157 Å². The maximum atomic E-state index is 13.4. The van der Waals surface area contributed by atoms with Crippen LogP contribution < -0.4 is 0 Å². The van der Waals surface area contributed by atoms with Gasteiger partial charge in [0.1, 0.15) is 39.7 Å². The van der Waals surface area contributed by atoms with Gasteiger partial charge in [-0.1, -0.05) is 35.3 Å². The minimum atomic E-state index is -4.64. The number of aromatic nitrogens is 11. The number of aromatic amines is 2. The van der Waals surface area contributed by atoms with Gasteiger partial charge in [-0.2, -0.15) is 39.5 Å². The van der Waals surface area contributed by atoms with Gasteiger partial charge in [0.15, 0.2) is 23.3 Å². The zero-order valence-electron chi connectivity index (χ0n) is 37.6. The molecule has 0 unspecified atom stereocenters. The lowest BCUT2D eigenvalue weighted by Crippen LogP contribution is -2.07. The maximum absolute atomic E-state index is 13.4. The highest BCUT2D eigenvalue weighted by atomic mass is 32.2. The number of aromatic carboxylic acids is 1. The van der Waals surface area contributed by atoms with Crippen molar-refractivity contribution in [2.24, 2.45) is 0 Å². The summed E-state index contributed by atoms with van der Waals surface area (Å²) in [5, 5.41) is 12.1. The van der Waals surface area contributed by atoms with Crippen LogP contribution in [0.2, 0.25) is 0 Å². The summed E-state index contributed by atoms with van der Waals surface area (Å²) in [4.78, 5) is 62.5. The molecule has 0 fully saturated rings. The van der Waals surface area contributed by atoms with Gasteiger partial charge in [0, 0.05) is 91.8 Å². The van der Waals surface area contributed by atoms with E-state index in [2.05, 4.69) is 24.9 Å². The highest BCUT2D eigenvalue weighted by Crippen LogP contribution is 2.42. The maximum Gasteiger partial charge on any atom is 0.433 e. The molecular weight excluding hydrogens is 1070 g/mol. The third-order valence-electron chi connectivity index (χ3n) is 11.8. The molecule has 2 aliphatic rings.